The van der Waals surface area contributed by atoms with Crippen molar-refractivity contribution >= 4 is 0 Å². The van der Waals surface area contributed by atoms with Crippen LogP contribution in [0.25, 0.3) is 0 Å². The number of hydrogen-bond donors (Lipinski definition) is 0. The largest absolute Gasteiger partial charge is 0.382 e. The lowest BCUT2D eigenvalue weighted by Crippen LogP contribution is -2.48. The predicted octanol–water partition coefficient (Wildman–Crippen LogP) is -0.214. The van der Waals surface area contributed by atoms with Gasteiger partial charge in [0.05, 0.1) is 6.61 Å². The molecule has 5 heteroatoms. The molecular formula is C9H16O5. The standard InChI is InChI=1S/C9H16O5/c1-10-4-5-6-7(11-2)8(12-3)9(13-5)14-6/h5-9H,4H2,1-3H3/t5-,6+,7-,8+,9-/m0/s1. The first-order valence-corrected chi connectivity index (χ1v) is 4.67. The second-order valence-electron chi connectivity index (χ2n) is 3.50. The molecule has 82 valence electrons. The molecule has 0 aliphatic carbocycles. The highest BCUT2D eigenvalue weighted by Crippen LogP contribution is 2.36. The molecule has 2 fully saturated rings. The van der Waals surface area contributed by atoms with Crippen LogP contribution in [0.15, 0.2) is 0 Å². The Morgan fingerprint density at radius 2 is 1.71 bits per heavy atom. The van der Waals surface area contributed by atoms with Crippen LogP contribution in [0.5, 0.6) is 0 Å². The topological polar surface area (TPSA) is 46.2 Å². The number of methoxy groups -OCH3 is 3. The molecule has 2 aliphatic heterocycles. The van der Waals surface area contributed by atoms with Crippen LogP contribution in [0.1, 0.15) is 0 Å². The zero-order valence-corrected chi connectivity index (χ0v) is 8.64. The van der Waals surface area contributed by atoms with Crippen molar-refractivity contribution in [3.8, 4) is 0 Å². The highest BCUT2D eigenvalue weighted by molar-refractivity contribution is 4.98. The van der Waals surface area contributed by atoms with E-state index < -0.39 is 0 Å². The van der Waals surface area contributed by atoms with E-state index in [0.29, 0.717) is 6.61 Å². The number of hydrogen-bond acceptors (Lipinski definition) is 5. The van der Waals surface area contributed by atoms with Crippen LogP contribution in [-0.2, 0) is 23.7 Å². The Balaban J connectivity index is 2.02. The molecule has 0 aromatic carbocycles. The minimum absolute atomic E-state index is 0.0404. The Bertz CT molecular complexity index is 196. The molecular weight excluding hydrogens is 188 g/mol. The lowest BCUT2D eigenvalue weighted by molar-refractivity contribution is -0.160. The fourth-order valence-corrected chi connectivity index (χ4v) is 2.12. The summed E-state index contributed by atoms with van der Waals surface area (Å²) in [6, 6.07) is 0. The number of rotatable bonds is 4. The van der Waals surface area contributed by atoms with Gasteiger partial charge in [0, 0.05) is 21.3 Å². The van der Waals surface area contributed by atoms with E-state index in [4.69, 9.17) is 23.7 Å². The van der Waals surface area contributed by atoms with E-state index in [0.717, 1.165) is 0 Å². The second-order valence-corrected chi connectivity index (χ2v) is 3.50. The van der Waals surface area contributed by atoms with Crippen molar-refractivity contribution in [2.45, 2.75) is 30.7 Å². The quantitative estimate of drug-likeness (QED) is 0.634. The number of ether oxygens (including phenoxy) is 5. The van der Waals surface area contributed by atoms with Crippen LogP contribution < -0.4 is 0 Å². The van der Waals surface area contributed by atoms with Crippen LogP contribution in [0, 0.1) is 0 Å². The summed E-state index contributed by atoms with van der Waals surface area (Å²) < 4.78 is 26.8. The van der Waals surface area contributed by atoms with E-state index in [-0.39, 0.29) is 30.7 Å². The summed E-state index contributed by atoms with van der Waals surface area (Å²) in [6.07, 6.45) is -0.608. The molecule has 2 heterocycles. The van der Waals surface area contributed by atoms with E-state index in [1.807, 2.05) is 0 Å². The average molecular weight is 204 g/mol. The molecule has 5 nitrogen and oxygen atoms in total. The lowest BCUT2D eigenvalue weighted by Gasteiger charge is -2.30. The minimum Gasteiger partial charge on any atom is -0.382 e. The van der Waals surface area contributed by atoms with E-state index in [1.165, 1.54) is 0 Å². The molecule has 14 heavy (non-hydrogen) atoms. The third-order valence-electron chi connectivity index (χ3n) is 2.76. The zero-order chi connectivity index (χ0) is 10.1. The molecule has 0 radical (unpaired) electrons. The number of fused-ring (bicyclic) bond motifs is 2. The molecule has 2 aliphatic rings. The second kappa shape index (κ2) is 4.12. The van der Waals surface area contributed by atoms with Gasteiger partial charge in [-0.15, -0.1) is 0 Å². The first kappa shape index (κ1) is 10.3. The van der Waals surface area contributed by atoms with E-state index in [2.05, 4.69) is 0 Å². The van der Waals surface area contributed by atoms with Gasteiger partial charge in [-0.1, -0.05) is 0 Å². The summed E-state index contributed by atoms with van der Waals surface area (Å²) in [5, 5.41) is 0. The van der Waals surface area contributed by atoms with Crippen LogP contribution in [-0.4, -0.2) is 58.6 Å². The third kappa shape index (κ3) is 1.45. The summed E-state index contributed by atoms with van der Waals surface area (Å²) in [4.78, 5) is 0. The Hall–Kier alpha value is -0.200. The molecule has 2 saturated heterocycles. The van der Waals surface area contributed by atoms with Gasteiger partial charge in [-0.2, -0.15) is 0 Å². The SMILES string of the molecule is COC[C@@H]1O[C@H]2O[C@H]1[C@H](OC)[C@H]2OC. The Labute approximate surface area is 83.2 Å². The first-order valence-electron chi connectivity index (χ1n) is 4.67. The summed E-state index contributed by atoms with van der Waals surface area (Å²) in [5.74, 6) is 0. The Morgan fingerprint density at radius 1 is 1.00 bits per heavy atom. The summed E-state index contributed by atoms with van der Waals surface area (Å²) in [7, 11) is 4.94. The predicted molar refractivity (Wildman–Crippen MR) is 47.0 cm³/mol. The Kier molecular flexibility index (Phi) is 3.04. The maximum atomic E-state index is 5.59. The van der Waals surface area contributed by atoms with Crippen LogP contribution in [0.2, 0.25) is 0 Å². The lowest BCUT2D eigenvalue weighted by atomic mass is 10.0. The molecule has 2 bridgehead atoms. The maximum absolute atomic E-state index is 5.59. The van der Waals surface area contributed by atoms with Crippen molar-refractivity contribution in [3.63, 3.8) is 0 Å². The molecule has 0 saturated carbocycles. The van der Waals surface area contributed by atoms with E-state index in [9.17, 15) is 0 Å². The van der Waals surface area contributed by atoms with Gasteiger partial charge in [0.2, 0.25) is 0 Å². The normalized spacial score (nSPS) is 46.1. The average Bonchev–Trinajstić information content (AvgIpc) is 2.73. The molecule has 0 aromatic heterocycles. The highest BCUT2D eigenvalue weighted by atomic mass is 16.8. The van der Waals surface area contributed by atoms with Crippen molar-refractivity contribution in [1.82, 2.24) is 0 Å². The fraction of sp³-hybridized carbons (Fsp3) is 1.00. The van der Waals surface area contributed by atoms with Crippen molar-refractivity contribution in [2.24, 2.45) is 0 Å². The zero-order valence-electron chi connectivity index (χ0n) is 8.64. The molecule has 0 amide bonds. The van der Waals surface area contributed by atoms with Crippen LogP contribution in [0.3, 0.4) is 0 Å². The molecule has 0 spiro atoms. The van der Waals surface area contributed by atoms with Gasteiger partial charge in [-0.3, -0.25) is 0 Å². The van der Waals surface area contributed by atoms with Gasteiger partial charge in [-0.05, 0) is 0 Å². The van der Waals surface area contributed by atoms with Gasteiger partial charge in [0.15, 0.2) is 6.29 Å². The van der Waals surface area contributed by atoms with Crippen molar-refractivity contribution in [3.05, 3.63) is 0 Å². The van der Waals surface area contributed by atoms with Gasteiger partial charge in [-0.25, -0.2) is 0 Å². The fourth-order valence-electron chi connectivity index (χ4n) is 2.12. The third-order valence-corrected chi connectivity index (χ3v) is 2.76. The van der Waals surface area contributed by atoms with E-state index in [1.54, 1.807) is 21.3 Å². The van der Waals surface area contributed by atoms with Crippen LogP contribution >= 0.6 is 0 Å². The highest BCUT2D eigenvalue weighted by Gasteiger charge is 2.56. The van der Waals surface area contributed by atoms with Gasteiger partial charge in [0.25, 0.3) is 0 Å². The van der Waals surface area contributed by atoms with Crippen molar-refractivity contribution < 1.29 is 23.7 Å². The molecule has 0 aromatic rings. The molecule has 5 atom stereocenters. The first-order chi connectivity index (χ1) is 6.81. The van der Waals surface area contributed by atoms with Crippen LogP contribution in [0.4, 0.5) is 0 Å². The Morgan fingerprint density at radius 3 is 2.29 bits per heavy atom. The molecule has 0 N–H and O–H groups in total. The molecule has 2 rings (SSSR count). The molecule has 0 unspecified atom stereocenters. The maximum Gasteiger partial charge on any atom is 0.187 e. The minimum atomic E-state index is -0.310. The monoisotopic (exact) mass is 204 g/mol. The van der Waals surface area contributed by atoms with Crippen molar-refractivity contribution in [2.75, 3.05) is 27.9 Å². The van der Waals surface area contributed by atoms with Gasteiger partial charge < -0.3 is 23.7 Å². The summed E-state index contributed by atoms with van der Waals surface area (Å²) >= 11 is 0. The van der Waals surface area contributed by atoms with Crippen molar-refractivity contribution in [1.29, 1.82) is 0 Å². The van der Waals surface area contributed by atoms with Gasteiger partial charge in [0.1, 0.15) is 24.4 Å². The van der Waals surface area contributed by atoms with E-state index >= 15 is 0 Å². The smallest absolute Gasteiger partial charge is 0.187 e. The summed E-state index contributed by atoms with van der Waals surface area (Å²) in [5.41, 5.74) is 0. The summed E-state index contributed by atoms with van der Waals surface area (Å²) in [6.45, 7) is 0.525. The van der Waals surface area contributed by atoms with Gasteiger partial charge >= 0.3 is 0 Å².